The molecule has 0 aromatic carbocycles. The van der Waals surface area contributed by atoms with Crippen LogP contribution < -0.4 is 0 Å². The maximum Gasteiger partial charge on any atom is 0.305 e. The van der Waals surface area contributed by atoms with Gasteiger partial charge in [-0.1, -0.05) is 259 Å². The van der Waals surface area contributed by atoms with E-state index in [2.05, 4.69) is 58.5 Å². The molecular formula is C64H126N2O5. The van der Waals surface area contributed by atoms with Crippen molar-refractivity contribution in [3.63, 3.8) is 0 Å². The van der Waals surface area contributed by atoms with Crippen LogP contribution in [0.2, 0.25) is 0 Å². The fourth-order valence-corrected chi connectivity index (χ4v) is 10.7. The van der Waals surface area contributed by atoms with Gasteiger partial charge in [-0.05, 0) is 90.3 Å². The van der Waals surface area contributed by atoms with Crippen molar-refractivity contribution in [1.82, 2.24) is 9.80 Å². The number of carbonyl (C=O) groups is 3. The highest BCUT2D eigenvalue weighted by molar-refractivity contribution is 5.76. The minimum absolute atomic E-state index is 0.00211. The van der Waals surface area contributed by atoms with Gasteiger partial charge in [0, 0.05) is 31.8 Å². The highest BCUT2D eigenvalue weighted by Gasteiger charge is 2.23. The van der Waals surface area contributed by atoms with Crippen LogP contribution in [0.15, 0.2) is 0 Å². The van der Waals surface area contributed by atoms with Crippen molar-refractivity contribution in [1.29, 1.82) is 0 Å². The highest BCUT2D eigenvalue weighted by atomic mass is 16.5. The molecule has 0 aromatic rings. The Kier molecular flexibility index (Phi) is 53.4. The topological polar surface area (TPSA) is 76.2 Å². The quantitative estimate of drug-likeness (QED) is 0.0446. The molecule has 71 heavy (non-hydrogen) atoms. The highest BCUT2D eigenvalue weighted by Crippen LogP contribution is 2.25. The van der Waals surface area contributed by atoms with E-state index in [1.165, 1.54) is 186 Å². The van der Waals surface area contributed by atoms with Crippen LogP contribution in [0, 0.1) is 11.8 Å². The van der Waals surface area contributed by atoms with Crippen LogP contribution in [-0.2, 0) is 23.9 Å². The van der Waals surface area contributed by atoms with Gasteiger partial charge in [-0.25, -0.2) is 0 Å². The van der Waals surface area contributed by atoms with E-state index in [-0.39, 0.29) is 11.9 Å². The van der Waals surface area contributed by atoms with Crippen LogP contribution in [-0.4, -0.2) is 74.1 Å². The Hall–Kier alpha value is -1.63. The number of unbranched alkanes of at least 4 members (excludes halogenated alkanes) is 29. The third-order valence-electron chi connectivity index (χ3n) is 15.5. The molecule has 0 bridgehead atoms. The molecule has 0 fully saturated rings. The molecule has 0 radical (unpaired) electrons. The van der Waals surface area contributed by atoms with E-state index < -0.39 is 0 Å². The Morgan fingerprint density at radius 3 is 1.11 bits per heavy atom. The van der Waals surface area contributed by atoms with Gasteiger partial charge in [0.05, 0.1) is 13.2 Å². The molecule has 0 saturated carbocycles. The second kappa shape index (κ2) is 54.6. The fraction of sp³-hybridized carbons (Fsp3) is 0.953. The number of esters is 2. The summed E-state index contributed by atoms with van der Waals surface area (Å²) < 4.78 is 11.7. The molecule has 7 heteroatoms. The summed E-state index contributed by atoms with van der Waals surface area (Å²) in [5, 5.41) is 0. The lowest BCUT2D eigenvalue weighted by Crippen LogP contribution is -2.41. The smallest absolute Gasteiger partial charge is 0.305 e. The van der Waals surface area contributed by atoms with Crippen LogP contribution in [0.5, 0.6) is 0 Å². The Labute approximate surface area is 444 Å². The van der Waals surface area contributed by atoms with Gasteiger partial charge in [0.2, 0.25) is 5.91 Å². The van der Waals surface area contributed by atoms with Crippen molar-refractivity contribution in [3.8, 4) is 0 Å². The first-order chi connectivity index (χ1) is 34.7. The predicted octanol–water partition coefficient (Wildman–Crippen LogP) is 19.5. The van der Waals surface area contributed by atoms with Gasteiger partial charge in [-0.15, -0.1) is 0 Å². The molecule has 0 aliphatic rings. The molecule has 0 spiro atoms. The number of carbonyl (C=O) groups excluding carboxylic acids is 3. The monoisotopic (exact) mass is 1000 g/mol. The van der Waals surface area contributed by atoms with Crippen molar-refractivity contribution in [2.24, 2.45) is 11.8 Å². The minimum atomic E-state index is -0.00211. The van der Waals surface area contributed by atoms with Crippen molar-refractivity contribution in [3.05, 3.63) is 0 Å². The number of nitrogens with zero attached hydrogens (tertiary/aromatic N) is 2. The molecule has 0 saturated heterocycles. The lowest BCUT2D eigenvalue weighted by atomic mass is 9.92. The summed E-state index contributed by atoms with van der Waals surface area (Å²) in [4.78, 5) is 43.8. The normalized spacial score (nSPS) is 12.9. The summed E-state index contributed by atoms with van der Waals surface area (Å²) >= 11 is 0. The lowest BCUT2D eigenvalue weighted by Gasteiger charge is -2.33. The average molecular weight is 1000 g/mol. The molecule has 3 unspecified atom stereocenters. The average Bonchev–Trinajstić information content (AvgIpc) is 3.35. The number of hydrogen-bond donors (Lipinski definition) is 0. The standard InChI is InChI=1S/C64H126N2O5/c1-8-13-18-22-29-38-46-59(45-37-28-20-15-10-3)54-57-70-63(68)52-42-33-26-24-31-40-49-61(66(56-44-55-65(6)7)62(67)51-35-17-12-5)50-41-32-25-27-34-43-53-64(69)71-58-60(47-36-21-16-11-4)48-39-30-23-19-14-9-2/h59-61H,8-58H2,1-7H3. The van der Waals surface area contributed by atoms with E-state index in [1.54, 1.807) is 0 Å². The van der Waals surface area contributed by atoms with Crippen LogP contribution in [0.1, 0.15) is 336 Å². The summed E-state index contributed by atoms with van der Waals surface area (Å²) in [6.07, 6.45) is 55.5. The van der Waals surface area contributed by atoms with E-state index in [0.717, 1.165) is 109 Å². The molecule has 0 heterocycles. The molecule has 0 aliphatic carbocycles. The van der Waals surface area contributed by atoms with Crippen LogP contribution in [0.25, 0.3) is 0 Å². The second-order valence-electron chi connectivity index (χ2n) is 22.8. The van der Waals surface area contributed by atoms with Gasteiger partial charge in [0.15, 0.2) is 0 Å². The van der Waals surface area contributed by atoms with Crippen LogP contribution in [0.3, 0.4) is 0 Å². The van der Waals surface area contributed by atoms with E-state index in [4.69, 9.17) is 9.47 Å². The zero-order valence-corrected chi connectivity index (χ0v) is 49.2. The molecule has 0 N–H and O–H groups in total. The first-order valence-corrected chi connectivity index (χ1v) is 32.0. The van der Waals surface area contributed by atoms with Gasteiger partial charge in [-0.2, -0.15) is 0 Å². The van der Waals surface area contributed by atoms with Gasteiger partial charge >= 0.3 is 11.9 Å². The van der Waals surface area contributed by atoms with Gasteiger partial charge in [-0.3, -0.25) is 14.4 Å². The van der Waals surface area contributed by atoms with E-state index in [1.807, 2.05) is 0 Å². The molecule has 1 amide bonds. The third kappa shape index (κ3) is 47.8. The maximum atomic E-state index is 13.8. The van der Waals surface area contributed by atoms with Crippen molar-refractivity contribution >= 4 is 17.8 Å². The largest absolute Gasteiger partial charge is 0.466 e. The Bertz CT molecular complexity index is 1130. The molecule has 0 aromatic heterocycles. The van der Waals surface area contributed by atoms with Crippen LogP contribution in [0.4, 0.5) is 0 Å². The molecular weight excluding hydrogens is 877 g/mol. The number of amides is 1. The first-order valence-electron chi connectivity index (χ1n) is 32.0. The zero-order valence-electron chi connectivity index (χ0n) is 49.2. The van der Waals surface area contributed by atoms with E-state index in [9.17, 15) is 14.4 Å². The summed E-state index contributed by atoms with van der Waals surface area (Å²) in [7, 11) is 4.26. The Balaban J connectivity index is 4.85. The summed E-state index contributed by atoms with van der Waals surface area (Å²) in [5.41, 5.74) is 0. The number of ether oxygens (including phenoxy) is 2. The molecule has 0 rings (SSSR count). The summed E-state index contributed by atoms with van der Waals surface area (Å²) in [6.45, 7) is 14.4. The van der Waals surface area contributed by atoms with E-state index in [0.29, 0.717) is 56.3 Å². The van der Waals surface area contributed by atoms with Crippen LogP contribution >= 0.6 is 0 Å². The summed E-state index contributed by atoms with van der Waals surface area (Å²) in [5.74, 6) is 1.59. The predicted molar refractivity (Wildman–Crippen MR) is 308 cm³/mol. The van der Waals surface area contributed by atoms with Crippen molar-refractivity contribution < 1.29 is 23.9 Å². The van der Waals surface area contributed by atoms with Gasteiger partial charge < -0.3 is 19.3 Å². The second-order valence-corrected chi connectivity index (χ2v) is 22.8. The SMILES string of the molecule is CCCCCCCCC(CCCCCCC)CCOC(=O)CCCCCCCCC(CCCCCCCCC(=O)OCC(CCCCCC)CCCCCCCC)N(CCCN(C)C)C(=O)CCCCC. The fourth-order valence-electron chi connectivity index (χ4n) is 10.7. The molecule has 0 aliphatic heterocycles. The lowest BCUT2D eigenvalue weighted by molar-refractivity contribution is -0.145. The van der Waals surface area contributed by atoms with Crippen molar-refractivity contribution in [2.45, 2.75) is 342 Å². The number of rotatable bonds is 57. The molecule has 3 atom stereocenters. The Morgan fingerprint density at radius 1 is 0.338 bits per heavy atom. The molecule has 7 nitrogen and oxygen atoms in total. The van der Waals surface area contributed by atoms with Crippen molar-refractivity contribution in [2.75, 3.05) is 40.4 Å². The summed E-state index contributed by atoms with van der Waals surface area (Å²) in [6, 6.07) is 0.318. The number of hydrogen-bond acceptors (Lipinski definition) is 6. The molecule has 422 valence electrons. The Morgan fingerprint density at radius 2 is 0.676 bits per heavy atom. The van der Waals surface area contributed by atoms with Gasteiger partial charge in [0.25, 0.3) is 0 Å². The zero-order chi connectivity index (χ0) is 52.1. The first kappa shape index (κ1) is 69.4. The van der Waals surface area contributed by atoms with Gasteiger partial charge in [0.1, 0.15) is 0 Å². The van der Waals surface area contributed by atoms with E-state index >= 15 is 0 Å². The maximum absolute atomic E-state index is 13.8. The third-order valence-corrected chi connectivity index (χ3v) is 15.5. The minimum Gasteiger partial charge on any atom is -0.466 e.